The van der Waals surface area contributed by atoms with Crippen molar-refractivity contribution in [3.05, 3.63) is 34.9 Å². The quantitative estimate of drug-likeness (QED) is 0.702. The van der Waals surface area contributed by atoms with Gasteiger partial charge in [0.05, 0.1) is 0 Å². The maximum atomic E-state index is 11.9. The molecule has 4 heteroatoms. The van der Waals surface area contributed by atoms with Crippen LogP contribution in [0.5, 0.6) is 0 Å². The number of amides is 1. The Balaban J connectivity index is 2.38. The number of aliphatic hydroxyl groups is 1. The van der Waals surface area contributed by atoms with E-state index in [-0.39, 0.29) is 24.5 Å². The first-order chi connectivity index (χ1) is 7.55. The lowest BCUT2D eigenvalue weighted by atomic mass is 9.83. The third-order valence-corrected chi connectivity index (χ3v) is 3.56. The number of hydrogen-bond acceptors (Lipinski definition) is 3. The molecule has 1 amide bonds. The number of hydrogen-bond donors (Lipinski definition) is 1. The molecule has 1 N–H and O–H groups in total. The van der Waals surface area contributed by atoms with Gasteiger partial charge in [-0.15, -0.1) is 0 Å². The van der Waals surface area contributed by atoms with Crippen molar-refractivity contribution in [1.82, 2.24) is 4.90 Å². The molecule has 0 radical (unpaired) electrons. The standard InChI is InChI=1S/C12H11NO3/c1-13-11(15)8-4-2-3-7-9(14)5-6-12(13,16)10(7)8/h2-4,16H,5-6H2,1H3. The summed E-state index contributed by atoms with van der Waals surface area (Å²) in [5, 5.41) is 10.5. The highest BCUT2D eigenvalue weighted by Gasteiger charge is 2.50. The minimum Gasteiger partial charge on any atom is -0.367 e. The molecule has 1 aliphatic heterocycles. The Hall–Kier alpha value is -1.68. The molecule has 0 aromatic heterocycles. The molecule has 0 bridgehead atoms. The Bertz CT molecular complexity index is 523. The van der Waals surface area contributed by atoms with Crippen molar-refractivity contribution in [2.75, 3.05) is 7.05 Å². The highest BCUT2D eigenvalue weighted by atomic mass is 16.3. The average Bonchev–Trinajstić information content (AvgIpc) is 2.49. The topological polar surface area (TPSA) is 57.6 Å². The van der Waals surface area contributed by atoms with Gasteiger partial charge >= 0.3 is 0 Å². The zero-order chi connectivity index (χ0) is 11.5. The zero-order valence-corrected chi connectivity index (χ0v) is 8.86. The Morgan fingerprint density at radius 3 is 2.75 bits per heavy atom. The summed E-state index contributed by atoms with van der Waals surface area (Å²) in [6, 6.07) is 5.03. The minimum absolute atomic E-state index is 0.00428. The zero-order valence-electron chi connectivity index (χ0n) is 8.86. The van der Waals surface area contributed by atoms with Crippen molar-refractivity contribution >= 4 is 11.7 Å². The molecular weight excluding hydrogens is 206 g/mol. The molecule has 0 saturated carbocycles. The monoisotopic (exact) mass is 217 g/mol. The molecule has 0 spiro atoms. The van der Waals surface area contributed by atoms with E-state index in [1.165, 1.54) is 4.90 Å². The average molecular weight is 217 g/mol. The van der Waals surface area contributed by atoms with Crippen LogP contribution in [0.1, 0.15) is 39.1 Å². The molecule has 3 rings (SSSR count). The minimum atomic E-state index is -1.28. The van der Waals surface area contributed by atoms with Crippen LogP contribution in [0.15, 0.2) is 18.2 Å². The first-order valence-electron chi connectivity index (χ1n) is 5.23. The van der Waals surface area contributed by atoms with Crippen molar-refractivity contribution in [1.29, 1.82) is 0 Å². The first kappa shape index (κ1) is 9.54. The predicted molar refractivity (Wildman–Crippen MR) is 56.0 cm³/mol. The smallest absolute Gasteiger partial charge is 0.256 e. The molecule has 1 heterocycles. The van der Waals surface area contributed by atoms with Crippen molar-refractivity contribution in [2.45, 2.75) is 18.6 Å². The van der Waals surface area contributed by atoms with Gasteiger partial charge in [0.2, 0.25) is 0 Å². The highest BCUT2D eigenvalue weighted by Crippen LogP contribution is 2.44. The highest BCUT2D eigenvalue weighted by molar-refractivity contribution is 6.07. The summed E-state index contributed by atoms with van der Waals surface area (Å²) in [7, 11) is 1.57. The summed E-state index contributed by atoms with van der Waals surface area (Å²) in [6.45, 7) is 0. The van der Waals surface area contributed by atoms with E-state index >= 15 is 0 Å². The molecule has 1 aliphatic carbocycles. The molecular formula is C12H11NO3. The van der Waals surface area contributed by atoms with Gasteiger partial charge in [-0.3, -0.25) is 9.59 Å². The number of rotatable bonds is 0. The molecule has 0 saturated heterocycles. The van der Waals surface area contributed by atoms with Crippen molar-refractivity contribution in [3.63, 3.8) is 0 Å². The van der Waals surface area contributed by atoms with Gasteiger partial charge in [0.1, 0.15) is 0 Å². The summed E-state index contributed by atoms with van der Waals surface area (Å²) in [5.41, 5.74) is 0.162. The molecule has 82 valence electrons. The van der Waals surface area contributed by atoms with Crippen molar-refractivity contribution in [2.24, 2.45) is 0 Å². The van der Waals surface area contributed by atoms with E-state index in [0.29, 0.717) is 16.7 Å². The Kier molecular flexibility index (Phi) is 1.61. The van der Waals surface area contributed by atoms with Crippen LogP contribution in [0.4, 0.5) is 0 Å². The van der Waals surface area contributed by atoms with Crippen LogP contribution < -0.4 is 0 Å². The summed E-state index contributed by atoms with van der Waals surface area (Å²) >= 11 is 0. The normalized spacial score (nSPS) is 27.2. The van der Waals surface area contributed by atoms with Gasteiger partial charge in [-0.05, 0) is 6.07 Å². The Labute approximate surface area is 92.5 Å². The second-order valence-electron chi connectivity index (χ2n) is 4.33. The molecule has 2 aliphatic rings. The summed E-state index contributed by atoms with van der Waals surface area (Å²) in [6.07, 6.45) is 0.572. The van der Waals surface area contributed by atoms with Crippen LogP contribution in [0.25, 0.3) is 0 Å². The lowest BCUT2D eigenvalue weighted by Gasteiger charge is -2.34. The number of carbonyl (C=O) groups is 2. The third-order valence-electron chi connectivity index (χ3n) is 3.56. The fourth-order valence-corrected chi connectivity index (χ4v) is 2.63. The van der Waals surface area contributed by atoms with Crippen LogP contribution in [0.3, 0.4) is 0 Å². The predicted octanol–water partition coefficient (Wildman–Crippen LogP) is 0.894. The fourth-order valence-electron chi connectivity index (χ4n) is 2.63. The van der Waals surface area contributed by atoms with E-state index in [4.69, 9.17) is 0 Å². The van der Waals surface area contributed by atoms with E-state index in [1.807, 2.05) is 0 Å². The lowest BCUT2D eigenvalue weighted by molar-refractivity contribution is -0.0811. The number of carbonyl (C=O) groups excluding carboxylic acids is 2. The molecule has 0 fully saturated rings. The van der Waals surface area contributed by atoms with Gasteiger partial charge in [0, 0.05) is 36.6 Å². The maximum Gasteiger partial charge on any atom is 0.256 e. The van der Waals surface area contributed by atoms with E-state index < -0.39 is 5.72 Å². The second-order valence-corrected chi connectivity index (χ2v) is 4.33. The van der Waals surface area contributed by atoms with Crippen LogP contribution in [-0.2, 0) is 5.72 Å². The van der Waals surface area contributed by atoms with E-state index in [9.17, 15) is 14.7 Å². The molecule has 16 heavy (non-hydrogen) atoms. The number of benzene rings is 1. The van der Waals surface area contributed by atoms with Gasteiger partial charge in [0.15, 0.2) is 11.5 Å². The summed E-state index contributed by atoms with van der Waals surface area (Å²) < 4.78 is 0. The Morgan fingerprint density at radius 1 is 1.31 bits per heavy atom. The molecule has 4 nitrogen and oxygen atoms in total. The maximum absolute atomic E-state index is 11.9. The summed E-state index contributed by atoms with van der Waals surface area (Å²) in [5.74, 6) is -0.210. The van der Waals surface area contributed by atoms with E-state index in [2.05, 4.69) is 0 Å². The van der Waals surface area contributed by atoms with Gasteiger partial charge in [-0.2, -0.15) is 0 Å². The fraction of sp³-hybridized carbons (Fsp3) is 0.333. The van der Waals surface area contributed by atoms with Gasteiger partial charge in [0.25, 0.3) is 5.91 Å². The van der Waals surface area contributed by atoms with Gasteiger partial charge < -0.3 is 10.0 Å². The first-order valence-corrected chi connectivity index (χ1v) is 5.23. The third kappa shape index (κ3) is 0.881. The Morgan fingerprint density at radius 2 is 2.00 bits per heavy atom. The van der Waals surface area contributed by atoms with E-state index in [1.54, 1.807) is 25.2 Å². The second kappa shape index (κ2) is 2.71. The number of ketones is 1. The SMILES string of the molecule is CN1C(=O)c2cccc3c2C1(O)CCC3=O. The van der Waals surface area contributed by atoms with Crippen LogP contribution in [0, 0.1) is 0 Å². The summed E-state index contributed by atoms with van der Waals surface area (Å²) in [4.78, 5) is 25.0. The van der Waals surface area contributed by atoms with Crippen molar-refractivity contribution < 1.29 is 14.7 Å². The van der Waals surface area contributed by atoms with Crippen molar-refractivity contribution in [3.8, 4) is 0 Å². The van der Waals surface area contributed by atoms with Gasteiger partial charge in [-0.25, -0.2) is 0 Å². The molecule has 1 unspecified atom stereocenters. The largest absolute Gasteiger partial charge is 0.367 e. The van der Waals surface area contributed by atoms with Crippen LogP contribution in [0.2, 0.25) is 0 Å². The number of Topliss-reactive ketones (excluding diaryl/α,β-unsaturated/α-hetero) is 1. The lowest BCUT2D eigenvalue weighted by Crippen LogP contribution is -2.43. The van der Waals surface area contributed by atoms with E-state index in [0.717, 1.165) is 0 Å². The van der Waals surface area contributed by atoms with Crippen LogP contribution >= 0.6 is 0 Å². The molecule has 1 aromatic carbocycles. The molecule has 1 atom stereocenters. The van der Waals surface area contributed by atoms with Gasteiger partial charge in [-0.1, -0.05) is 12.1 Å². The number of nitrogens with zero attached hydrogens (tertiary/aromatic N) is 1. The van der Waals surface area contributed by atoms with Crippen LogP contribution in [-0.4, -0.2) is 28.7 Å². The molecule has 1 aromatic rings.